The van der Waals surface area contributed by atoms with E-state index in [0.717, 1.165) is 23.6 Å². The van der Waals surface area contributed by atoms with Crippen molar-refractivity contribution >= 4 is 5.69 Å². The molecule has 106 valence electrons. The topological polar surface area (TPSA) is 64.9 Å². The SMILES string of the molecule is CCCC1CCC(C(N)Cc2cnccc2N)CC1. The molecule has 4 N–H and O–H groups in total. The molecule has 0 radical (unpaired) electrons. The second-order valence-corrected chi connectivity index (χ2v) is 6.01. The van der Waals surface area contributed by atoms with Crippen molar-refractivity contribution in [3.05, 3.63) is 24.0 Å². The first-order valence-corrected chi connectivity index (χ1v) is 7.64. The molecule has 1 saturated carbocycles. The molecule has 0 aromatic carbocycles. The van der Waals surface area contributed by atoms with Gasteiger partial charge in [-0.1, -0.05) is 32.6 Å². The highest BCUT2D eigenvalue weighted by Gasteiger charge is 2.25. The Morgan fingerprint density at radius 1 is 1.32 bits per heavy atom. The number of nitrogens with two attached hydrogens (primary N) is 2. The molecule has 1 heterocycles. The monoisotopic (exact) mass is 261 g/mol. The van der Waals surface area contributed by atoms with Gasteiger partial charge >= 0.3 is 0 Å². The average Bonchev–Trinajstić information content (AvgIpc) is 2.42. The van der Waals surface area contributed by atoms with Crippen molar-refractivity contribution in [2.75, 3.05) is 5.73 Å². The lowest BCUT2D eigenvalue weighted by Gasteiger charge is -2.32. The van der Waals surface area contributed by atoms with E-state index in [-0.39, 0.29) is 6.04 Å². The Labute approximate surface area is 116 Å². The fraction of sp³-hybridized carbons (Fsp3) is 0.688. The number of nitrogens with zero attached hydrogens (tertiary/aromatic N) is 1. The van der Waals surface area contributed by atoms with Gasteiger partial charge in [-0.2, -0.15) is 0 Å². The van der Waals surface area contributed by atoms with Crippen LogP contribution in [0.3, 0.4) is 0 Å². The summed E-state index contributed by atoms with van der Waals surface area (Å²) in [5, 5.41) is 0. The van der Waals surface area contributed by atoms with E-state index >= 15 is 0 Å². The van der Waals surface area contributed by atoms with E-state index in [1.165, 1.54) is 38.5 Å². The molecule has 0 aliphatic heterocycles. The van der Waals surface area contributed by atoms with Crippen LogP contribution < -0.4 is 11.5 Å². The minimum absolute atomic E-state index is 0.231. The summed E-state index contributed by atoms with van der Waals surface area (Å²) in [7, 11) is 0. The summed E-state index contributed by atoms with van der Waals surface area (Å²) in [6.07, 6.45) is 12.4. The molecule has 3 nitrogen and oxygen atoms in total. The van der Waals surface area contributed by atoms with E-state index in [1.54, 1.807) is 6.20 Å². The van der Waals surface area contributed by atoms with Crippen molar-refractivity contribution in [2.24, 2.45) is 17.6 Å². The van der Waals surface area contributed by atoms with Crippen molar-refractivity contribution < 1.29 is 0 Å². The molecule has 0 saturated heterocycles. The summed E-state index contributed by atoms with van der Waals surface area (Å²) >= 11 is 0. The molecule has 1 atom stereocenters. The molecule has 1 fully saturated rings. The Kier molecular flexibility index (Phi) is 5.20. The highest BCUT2D eigenvalue weighted by molar-refractivity contribution is 5.44. The van der Waals surface area contributed by atoms with Gasteiger partial charge in [0.15, 0.2) is 0 Å². The molecule has 1 aromatic heterocycles. The Hall–Kier alpha value is -1.09. The zero-order valence-electron chi connectivity index (χ0n) is 12.0. The van der Waals surface area contributed by atoms with Crippen molar-refractivity contribution in [3.63, 3.8) is 0 Å². The zero-order valence-corrected chi connectivity index (χ0v) is 12.0. The predicted molar refractivity (Wildman–Crippen MR) is 80.7 cm³/mol. The summed E-state index contributed by atoms with van der Waals surface area (Å²) in [5.41, 5.74) is 14.3. The molecule has 1 aliphatic rings. The number of rotatable bonds is 5. The number of nitrogen functional groups attached to an aromatic ring is 1. The van der Waals surface area contributed by atoms with Gasteiger partial charge in [-0.05, 0) is 42.7 Å². The van der Waals surface area contributed by atoms with E-state index in [1.807, 2.05) is 12.3 Å². The second kappa shape index (κ2) is 6.90. The summed E-state index contributed by atoms with van der Waals surface area (Å²) in [4.78, 5) is 4.14. The summed E-state index contributed by atoms with van der Waals surface area (Å²) in [6.45, 7) is 2.28. The quantitative estimate of drug-likeness (QED) is 0.855. The molecule has 3 heteroatoms. The smallest absolute Gasteiger partial charge is 0.0378 e. The number of anilines is 1. The fourth-order valence-electron chi connectivity index (χ4n) is 3.34. The van der Waals surface area contributed by atoms with Crippen LogP contribution in [0.5, 0.6) is 0 Å². The van der Waals surface area contributed by atoms with E-state index in [9.17, 15) is 0 Å². The van der Waals surface area contributed by atoms with Crippen LogP contribution in [0, 0.1) is 11.8 Å². The van der Waals surface area contributed by atoms with Crippen LogP contribution in [-0.2, 0) is 6.42 Å². The summed E-state index contributed by atoms with van der Waals surface area (Å²) < 4.78 is 0. The predicted octanol–water partition coefficient (Wildman–Crippen LogP) is 3.14. The minimum Gasteiger partial charge on any atom is -0.398 e. The van der Waals surface area contributed by atoms with Crippen molar-refractivity contribution in [2.45, 2.75) is 57.9 Å². The highest BCUT2D eigenvalue weighted by atomic mass is 14.7. The van der Waals surface area contributed by atoms with Crippen molar-refractivity contribution in [1.82, 2.24) is 4.98 Å². The lowest BCUT2D eigenvalue weighted by atomic mass is 9.76. The number of hydrogen-bond acceptors (Lipinski definition) is 3. The van der Waals surface area contributed by atoms with Gasteiger partial charge in [0.05, 0.1) is 0 Å². The van der Waals surface area contributed by atoms with Gasteiger partial charge < -0.3 is 11.5 Å². The van der Waals surface area contributed by atoms with E-state index < -0.39 is 0 Å². The standard InChI is InChI=1S/C16H27N3/c1-2-3-12-4-6-13(7-5-12)16(18)10-14-11-19-9-8-15(14)17/h8-9,11-13,16H,2-7,10,18H2,1H3,(H2,17,19). The number of pyridine rings is 1. The largest absolute Gasteiger partial charge is 0.398 e. The Balaban J connectivity index is 1.85. The third-order valence-electron chi connectivity index (χ3n) is 4.59. The highest BCUT2D eigenvalue weighted by Crippen LogP contribution is 2.33. The van der Waals surface area contributed by atoms with Crippen molar-refractivity contribution in [1.29, 1.82) is 0 Å². The molecule has 19 heavy (non-hydrogen) atoms. The molecule has 0 bridgehead atoms. The van der Waals surface area contributed by atoms with Crippen LogP contribution in [-0.4, -0.2) is 11.0 Å². The van der Waals surface area contributed by atoms with Gasteiger partial charge in [0.25, 0.3) is 0 Å². The van der Waals surface area contributed by atoms with Gasteiger partial charge in [0, 0.05) is 24.1 Å². The van der Waals surface area contributed by atoms with Gasteiger partial charge in [0.2, 0.25) is 0 Å². The van der Waals surface area contributed by atoms with E-state index in [2.05, 4.69) is 11.9 Å². The van der Waals surface area contributed by atoms with Crippen LogP contribution >= 0.6 is 0 Å². The number of aromatic nitrogens is 1. The maximum Gasteiger partial charge on any atom is 0.0378 e. The van der Waals surface area contributed by atoms with Crippen LogP contribution in [0.15, 0.2) is 18.5 Å². The van der Waals surface area contributed by atoms with Gasteiger partial charge in [0.1, 0.15) is 0 Å². The maximum atomic E-state index is 6.39. The molecule has 0 amide bonds. The third kappa shape index (κ3) is 3.93. The molecule has 1 aromatic rings. The lowest BCUT2D eigenvalue weighted by molar-refractivity contribution is 0.232. The first-order valence-electron chi connectivity index (χ1n) is 7.64. The molecule has 2 rings (SSSR count). The van der Waals surface area contributed by atoms with Crippen LogP contribution in [0.25, 0.3) is 0 Å². The third-order valence-corrected chi connectivity index (χ3v) is 4.59. The van der Waals surface area contributed by atoms with Gasteiger partial charge in [-0.15, -0.1) is 0 Å². The first-order chi connectivity index (χ1) is 9.20. The number of hydrogen-bond donors (Lipinski definition) is 2. The molecular formula is C16H27N3. The average molecular weight is 261 g/mol. The minimum atomic E-state index is 0.231. The second-order valence-electron chi connectivity index (χ2n) is 6.01. The summed E-state index contributed by atoms with van der Waals surface area (Å²) in [5.74, 6) is 1.60. The Morgan fingerprint density at radius 2 is 2.05 bits per heavy atom. The molecule has 1 aliphatic carbocycles. The van der Waals surface area contributed by atoms with E-state index in [4.69, 9.17) is 11.5 Å². The molecular weight excluding hydrogens is 234 g/mol. The van der Waals surface area contributed by atoms with Crippen molar-refractivity contribution in [3.8, 4) is 0 Å². The summed E-state index contributed by atoms with van der Waals surface area (Å²) in [6, 6.07) is 2.09. The van der Waals surface area contributed by atoms with Crippen LogP contribution in [0.2, 0.25) is 0 Å². The van der Waals surface area contributed by atoms with Crippen LogP contribution in [0.4, 0.5) is 5.69 Å². The molecule has 0 spiro atoms. The fourth-order valence-corrected chi connectivity index (χ4v) is 3.34. The Bertz CT molecular complexity index is 383. The first kappa shape index (κ1) is 14.3. The van der Waals surface area contributed by atoms with Crippen LogP contribution in [0.1, 0.15) is 51.0 Å². The van der Waals surface area contributed by atoms with Gasteiger partial charge in [-0.25, -0.2) is 0 Å². The Morgan fingerprint density at radius 3 is 2.68 bits per heavy atom. The van der Waals surface area contributed by atoms with Gasteiger partial charge in [-0.3, -0.25) is 4.98 Å². The van der Waals surface area contributed by atoms with E-state index in [0.29, 0.717) is 5.92 Å². The normalized spacial score (nSPS) is 25.2. The lowest BCUT2D eigenvalue weighted by Crippen LogP contribution is -2.35. The molecule has 1 unspecified atom stereocenters. The zero-order chi connectivity index (χ0) is 13.7. The maximum absolute atomic E-state index is 6.39.